The zero-order valence-corrected chi connectivity index (χ0v) is 25.3. The summed E-state index contributed by atoms with van der Waals surface area (Å²) in [6.07, 6.45) is 0. The van der Waals surface area contributed by atoms with Crippen LogP contribution in [0.5, 0.6) is 0 Å². The molecule has 0 spiro atoms. The molecule has 216 valence electrons. The monoisotopic (exact) mass is 585 g/mol. The summed E-state index contributed by atoms with van der Waals surface area (Å²) in [6, 6.07) is 63.4. The van der Waals surface area contributed by atoms with E-state index < -0.39 is 0 Å². The highest BCUT2D eigenvalue weighted by Gasteiger charge is 2.43. The van der Waals surface area contributed by atoms with Crippen LogP contribution in [0, 0.1) is 0 Å². The number of hydrogen-bond acceptors (Lipinski definition) is 0. The topological polar surface area (TPSA) is 4.93 Å². The molecule has 46 heavy (non-hydrogen) atoms. The van der Waals surface area contributed by atoms with Crippen molar-refractivity contribution in [2.75, 3.05) is 0 Å². The highest BCUT2D eigenvalue weighted by atomic mass is 15.0. The van der Waals surface area contributed by atoms with Gasteiger partial charge in [-0.05, 0) is 74.3 Å². The lowest BCUT2D eigenvalue weighted by molar-refractivity contribution is 0.554. The Hall–Kier alpha value is -5.66. The molecule has 2 aliphatic rings. The third kappa shape index (κ3) is 3.57. The second-order valence-corrected chi connectivity index (χ2v) is 12.8. The quantitative estimate of drug-likeness (QED) is 0.194. The zero-order chi connectivity index (χ0) is 30.2. The van der Waals surface area contributed by atoms with Gasteiger partial charge in [-0.15, -0.1) is 0 Å². The number of nitrogens with zero attached hydrogens (tertiary/aromatic N) is 1. The molecule has 0 amide bonds. The first kappa shape index (κ1) is 25.6. The highest BCUT2D eigenvalue weighted by molar-refractivity contribution is 6.09. The molecule has 0 radical (unpaired) electrons. The van der Waals surface area contributed by atoms with Crippen molar-refractivity contribution in [3.8, 4) is 27.9 Å². The Morgan fingerprint density at radius 2 is 0.696 bits per heavy atom. The van der Waals surface area contributed by atoms with Crippen LogP contribution < -0.4 is 0 Å². The summed E-state index contributed by atoms with van der Waals surface area (Å²) in [5.74, 6) is 0.674. The van der Waals surface area contributed by atoms with Crippen molar-refractivity contribution in [2.45, 2.75) is 17.8 Å². The minimum atomic E-state index is 0.210. The molecular weight excluding hydrogens is 555 g/mol. The predicted octanol–water partition coefficient (Wildman–Crippen LogP) is 11.5. The van der Waals surface area contributed by atoms with Gasteiger partial charge < -0.3 is 4.57 Å². The van der Waals surface area contributed by atoms with Gasteiger partial charge >= 0.3 is 0 Å². The molecule has 2 aliphatic carbocycles. The minimum absolute atomic E-state index is 0.210. The SMILES string of the molecule is c1ccc2c(c1)-c1ccccc1C2C(c1ccc(-n2c3ccccc3c3ccccc32)cc1)C1c2ccccc2-c2ccccc21. The fraction of sp³-hybridized carbons (Fsp3) is 0.0667. The van der Waals surface area contributed by atoms with Gasteiger partial charge in [0.1, 0.15) is 0 Å². The number of aromatic nitrogens is 1. The summed E-state index contributed by atoms with van der Waals surface area (Å²) in [6.45, 7) is 0. The lowest BCUT2D eigenvalue weighted by Crippen LogP contribution is -2.19. The molecule has 1 aromatic heterocycles. The maximum absolute atomic E-state index is 2.42. The van der Waals surface area contributed by atoms with Gasteiger partial charge in [0.15, 0.2) is 0 Å². The third-order valence-corrected chi connectivity index (χ3v) is 10.6. The standard InChI is InChI=1S/C45H31N/c1-5-19-37-31(13-1)32-14-2-6-20-38(32)44(37)43(45-39-21-7-3-15-33(39)34-16-4-8-22-40(34)45)29-25-27-30(28-26-29)46-41-23-11-9-17-35(41)36-18-10-12-24-42(36)46/h1-28,43-45H. The molecule has 1 heterocycles. The van der Waals surface area contributed by atoms with E-state index in [4.69, 9.17) is 0 Å². The van der Waals surface area contributed by atoms with Gasteiger partial charge in [-0.25, -0.2) is 0 Å². The maximum atomic E-state index is 2.42. The first-order chi connectivity index (χ1) is 22.9. The van der Waals surface area contributed by atoms with Crippen LogP contribution in [0.25, 0.3) is 49.7 Å². The van der Waals surface area contributed by atoms with Crippen molar-refractivity contribution in [1.82, 2.24) is 4.57 Å². The summed E-state index contributed by atoms with van der Waals surface area (Å²) >= 11 is 0. The number of hydrogen-bond donors (Lipinski definition) is 0. The van der Waals surface area contributed by atoms with Crippen LogP contribution in [0.4, 0.5) is 0 Å². The molecule has 0 N–H and O–H groups in total. The zero-order valence-electron chi connectivity index (χ0n) is 25.3. The lowest BCUT2D eigenvalue weighted by Gasteiger charge is -2.33. The van der Waals surface area contributed by atoms with Crippen LogP contribution in [-0.2, 0) is 0 Å². The van der Waals surface area contributed by atoms with Crippen LogP contribution in [0.1, 0.15) is 45.6 Å². The minimum Gasteiger partial charge on any atom is -0.309 e. The van der Waals surface area contributed by atoms with Crippen molar-refractivity contribution in [3.63, 3.8) is 0 Å². The predicted molar refractivity (Wildman–Crippen MR) is 191 cm³/mol. The van der Waals surface area contributed by atoms with Gasteiger partial charge in [0.05, 0.1) is 11.0 Å². The van der Waals surface area contributed by atoms with Crippen molar-refractivity contribution >= 4 is 21.8 Å². The largest absolute Gasteiger partial charge is 0.309 e. The Kier molecular flexibility index (Phi) is 5.53. The molecule has 0 saturated carbocycles. The number of para-hydroxylation sites is 2. The smallest absolute Gasteiger partial charge is 0.0541 e. The molecule has 0 bridgehead atoms. The van der Waals surface area contributed by atoms with Gasteiger partial charge in [-0.2, -0.15) is 0 Å². The van der Waals surface area contributed by atoms with E-state index >= 15 is 0 Å². The van der Waals surface area contributed by atoms with E-state index in [1.165, 1.54) is 77.6 Å². The van der Waals surface area contributed by atoms with E-state index in [2.05, 4.69) is 174 Å². The molecule has 1 heteroatoms. The molecule has 0 aliphatic heterocycles. The summed E-state index contributed by atoms with van der Waals surface area (Å²) in [4.78, 5) is 0. The van der Waals surface area contributed by atoms with Crippen molar-refractivity contribution in [1.29, 1.82) is 0 Å². The van der Waals surface area contributed by atoms with Crippen LogP contribution in [-0.4, -0.2) is 4.57 Å². The Bertz CT molecular complexity index is 2200. The molecule has 0 saturated heterocycles. The maximum Gasteiger partial charge on any atom is 0.0541 e. The van der Waals surface area contributed by atoms with Crippen molar-refractivity contribution < 1.29 is 0 Å². The number of benzene rings is 7. The van der Waals surface area contributed by atoms with E-state index in [-0.39, 0.29) is 17.8 Å². The Balaban J connectivity index is 1.21. The molecule has 10 rings (SSSR count). The number of fused-ring (bicyclic) bond motifs is 9. The molecule has 1 nitrogen and oxygen atoms in total. The fourth-order valence-electron chi connectivity index (χ4n) is 8.79. The van der Waals surface area contributed by atoms with E-state index in [0.29, 0.717) is 0 Å². The van der Waals surface area contributed by atoms with Gasteiger partial charge in [-0.3, -0.25) is 0 Å². The van der Waals surface area contributed by atoms with Gasteiger partial charge in [0, 0.05) is 34.2 Å². The number of rotatable bonds is 4. The highest BCUT2D eigenvalue weighted by Crippen LogP contribution is 2.60. The van der Waals surface area contributed by atoms with Crippen molar-refractivity contribution in [3.05, 3.63) is 198 Å². The average Bonchev–Trinajstić information content (AvgIpc) is 3.76. The summed E-state index contributed by atoms with van der Waals surface area (Å²) < 4.78 is 2.42. The second kappa shape index (κ2) is 9.92. The van der Waals surface area contributed by atoms with E-state index in [9.17, 15) is 0 Å². The van der Waals surface area contributed by atoms with Gasteiger partial charge in [-0.1, -0.05) is 146 Å². The summed E-state index contributed by atoms with van der Waals surface area (Å²) in [5.41, 5.74) is 16.3. The van der Waals surface area contributed by atoms with Gasteiger partial charge in [0.25, 0.3) is 0 Å². The van der Waals surface area contributed by atoms with E-state index in [1.807, 2.05) is 0 Å². The molecule has 0 fully saturated rings. The first-order valence-corrected chi connectivity index (χ1v) is 16.3. The van der Waals surface area contributed by atoms with Crippen LogP contribution in [0.2, 0.25) is 0 Å². The average molecular weight is 586 g/mol. The third-order valence-electron chi connectivity index (χ3n) is 10.6. The molecular formula is C45H31N. The Labute approximate surface area is 269 Å². The van der Waals surface area contributed by atoms with Crippen LogP contribution >= 0.6 is 0 Å². The normalized spacial score (nSPS) is 13.7. The van der Waals surface area contributed by atoms with Crippen LogP contribution in [0.15, 0.2) is 170 Å². The van der Waals surface area contributed by atoms with Crippen LogP contribution in [0.3, 0.4) is 0 Å². The van der Waals surface area contributed by atoms with E-state index in [0.717, 1.165) is 0 Å². The Morgan fingerprint density at radius 3 is 1.11 bits per heavy atom. The fourth-order valence-corrected chi connectivity index (χ4v) is 8.79. The lowest BCUT2D eigenvalue weighted by atomic mass is 9.69. The van der Waals surface area contributed by atoms with Crippen molar-refractivity contribution in [2.24, 2.45) is 0 Å². The molecule has 0 atom stereocenters. The molecule has 0 unspecified atom stereocenters. The Morgan fingerprint density at radius 1 is 0.348 bits per heavy atom. The van der Waals surface area contributed by atoms with E-state index in [1.54, 1.807) is 0 Å². The molecule has 8 aromatic rings. The van der Waals surface area contributed by atoms with Gasteiger partial charge in [0.2, 0.25) is 0 Å². The summed E-state index contributed by atoms with van der Waals surface area (Å²) in [5, 5.41) is 2.58. The molecule has 7 aromatic carbocycles. The second-order valence-electron chi connectivity index (χ2n) is 12.8. The summed E-state index contributed by atoms with van der Waals surface area (Å²) in [7, 11) is 0. The first-order valence-electron chi connectivity index (χ1n) is 16.3.